The number of aromatic hydroxyl groups is 1. The third kappa shape index (κ3) is 3.69. The second kappa shape index (κ2) is 6.39. The summed E-state index contributed by atoms with van der Waals surface area (Å²) in [6.45, 7) is 0. The molecule has 118 valence electrons. The molecule has 3 aromatic rings. The van der Waals surface area contributed by atoms with E-state index in [1.54, 1.807) is 0 Å². The summed E-state index contributed by atoms with van der Waals surface area (Å²) in [5.74, 6) is -0.794. The zero-order chi connectivity index (χ0) is 17.0. The molecule has 0 radical (unpaired) electrons. The number of phenolic OH excluding ortho intramolecular Hbond substituents is 1. The van der Waals surface area contributed by atoms with Crippen molar-refractivity contribution in [3.8, 4) is 5.75 Å². The summed E-state index contributed by atoms with van der Waals surface area (Å²) >= 11 is 0. The lowest BCUT2D eigenvalue weighted by Gasteiger charge is -1.98. The highest BCUT2D eigenvalue weighted by atomic mass is 16.4. The van der Waals surface area contributed by atoms with Gasteiger partial charge in [0, 0.05) is 12.4 Å². The Morgan fingerprint density at radius 2 is 1.74 bits per heavy atom. The molecule has 0 atom stereocenters. The molecule has 2 heterocycles. The lowest BCUT2D eigenvalue weighted by Crippen LogP contribution is -2.02. The summed E-state index contributed by atoms with van der Waals surface area (Å²) in [5, 5.41) is 17.4. The highest BCUT2D eigenvalue weighted by Gasteiger charge is 2.04. The van der Waals surface area contributed by atoms with Crippen LogP contribution in [0.4, 0.5) is 17.5 Å². The Balaban J connectivity index is 0.000000168. The van der Waals surface area contributed by atoms with E-state index >= 15 is 0 Å². The third-order valence-electron chi connectivity index (χ3n) is 2.65. The number of phenols is 1. The van der Waals surface area contributed by atoms with Crippen molar-refractivity contribution in [1.29, 1.82) is 0 Å². The lowest BCUT2D eigenvalue weighted by molar-refractivity contribution is 0.0697. The van der Waals surface area contributed by atoms with Crippen molar-refractivity contribution in [2.24, 2.45) is 0 Å². The average Bonchev–Trinajstić information content (AvgIpc) is 2.50. The molecule has 0 aliphatic heterocycles. The number of benzene rings is 1. The van der Waals surface area contributed by atoms with E-state index in [4.69, 9.17) is 27.4 Å². The first-order chi connectivity index (χ1) is 10.9. The lowest BCUT2D eigenvalue weighted by atomic mass is 10.2. The molecular formula is C13H13N7O3. The number of fused-ring (bicyclic) bond motifs is 1. The number of rotatable bonds is 1. The van der Waals surface area contributed by atoms with E-state index in [0.29, 0.717) is 11.2 Å². The molecule has 8 N–H and O–H groups in total. The fourth-order valence-corrected chi connectivity index (χ4v) is 1.59. The first-order valence-corrected chi connectivity index (χ1v) is 6.20. The van der Waals surface area contributed by atoms with Crippen LogP contribution in [0.3, 0.4) is 0 Å². The summed E-state index contributed by atoms with van der Waals surface area (Å²) in [6.07, 6.45) is 3.05. The zero-order valence-electron chi connectivity index (χ0n) is 11.7. The maximum Gasteiger partial charge on any atom is 0.335 e. The highest BCUT2D eigenvalue weighted by molar-refractivity contribution is 5.89. The number of anilines is 3. The number of aromatic nitrogens is 4. The molecule has 0 bridgehead atoms. The predicted molar refractivity (Wildman–Crippen MR) is 83.4 cm³/mol. The number of hydrogen-bond donors (Lipinski definition) is 5. The fraction of sp³-hybridized carbons (Fsp3) is 0. The van der Waals surface area contributed by atoms with Gasteiger partial charge in [0.2, 0.25) is 5.95 Å². The van der Waals surface area contributed by atoms with Crippen molar-refractivity contribution in [3.63, 3.8) is 0 Å². The minimum atomic E-state index is -1.06. The van der Waals surface area contributed by atoms with Gasteiger partial charge in [0.05, 0.1) is 11.3 Å². The highest BCUT2D eigenvalue weighted by Crippen LogP contribution is 2.20. The quantitative estimate of drug-likeness (QED) is 0.307. The van der Waals surface area contributed by atoms with Crippen LogP contribution in [0.1, 0.15) is 10.4 Å². The molecule has 0 aliphatic carbocycles. The molecule has 10 nitrogen and oxygen atoms in total. The van der Waals surface area contributed by atoms with Gasteiger partial charge in [-0.1, -0.05) is 0 Å². The van der Waals surface area contributed by atoms with Crippen molar-refractivity contribution < 1.29 is 15.0 Å². The first-order valence-electron chi connectivity index (χ1n) is 6.20. The molecule has 1 aromatic carbocycles. The van der Waals surface area contributed by atoms with Crippen molar-refractivity contribution in [2.75, 3.05) is 17.2 Å². The van der Waals surface area contributed by atoms with Gasteiger partial charge >= 0.3 is 5.97 Å². The average molecular weight is 315 g/mol. The minimum Gasteiger partial charge on any atom is -0.506 e. The Morgan fingerprint density at radius 3 is 2.39 bits per heavy atom. The standard InChI is InChI=1S/C7H7NO3.C6H6N6/c8-5-3-4(7(10)11)1-2-6(5)9;7-4-3-5(10-2-1-9-3)12-6(8)11-4/h1-3,9H,8H2,(H,10,11);1-2H,(H4,7,8,10,11,12). The molecule has 23 heavy (non-hydrogen) atoms. The molecule has 10 heteroatoms. The number of nitrogens with two attached hydrogens (primary N) is 3. The van der Waals surface area contributed by atoms with Gasteiger partial charge < -0.3 is 27.4 Å². The second-order valence-corrected chi connectivity index (χ2v) is 4.27. The van der Waals surface area contributed by atoms with Crippen LogP contribution in [0, 0.1) is 0 Å². The molecule has 3 rings (SSSR count). The van der Waals surface area contributed by atoms with Crippen LogP contribution in [0.15, 0.2) is 30.6 Å². The summed E-state index contributed by atoms with van der Waals surface area (Å²) in [4.78, 5) is 25.8. The van der Waals surface area contributed by atoms with Crippen LogP contribution in [0.25, 0.3) is 11.2 Å². The molecule has 2 aromatic heterocycles. The predicted octanol–water partition coefficient (Wildman–Crippen LogP) is 0.257. The van der Waals surface area contributed by atoms with Gasteiger partial charge in [-0.25, -0.2) is 14.8 Å². The van der Waals surface area contributed by atoms with E-state index in [-0.39, 0.29) is 28.8 Å². The van der Waals surface area contributed by atoms with Gasteiger partial charge in [-0.2, -0.15) is 9.97 Å². The number of carboxylic acid groups (broad SMARTS) is 1. The van der Waals surface area contributed by atoms with Gasteiger partial charge in [-0.15, -0.1) is 0 Å². The first kappa shape index (κ1) is 15.7. The zero-order valence-corrected chi connectivity index (χ0v) is 11.7. The number of hydrogen-bond acceptors (Lipinski definition) is 9. The number of carboxylic acids is 1. The van der Waals surface area contributed by atoms with E-state index in [9.17, 15) is 4.79 Å². The van der Waals surface area contributed by atoms with Gasteiger partial charge in [-0.3, -0.25) is 0 Å². The molecule has 0 aliphatic rings. The number of aromatic carboxylic acids is 1. The number of nitrogen functional groups attached to an aromatic ring is 3. The summed E-state index contributed by atoms with van der Waals surface area (Å²) in [7, 11) is 0. The SMILES string of the molecule is Nc1cc(C(=O)O)ccc1O.Nc1nc(N)c2nccnc2n1. The molecule has 0 saturated carbocycles. The van der Waals surface area contributed by atoms with Crippen molar-refractivity contribution in [3.05, 3.63) is 36.2 Å². The van der Waals surface area contributed by atoms with Crippen LogP contribution in [0.5, 0.6) is 5.75 Å². The van der Waals surface area contributed by atoms with Crippen LogP contribution in [-0.4, -0.2) is 36.1 Å². The minimum absolute atomic E-state index is 0.0697. The van der Waals surface area contributed by atoms with Gasteiger partial charge in [-0.05, 0) is 18.2 Å². The summed E-state index contributed by atoms with van der Waals surface area (Å²) in [6, 6.07) is 3.74. The van der Waals surface area contributed by atoms with Crippen LogP contribution < -0.4 is 17.2 Å². The Labute approximate surface area is 129 Å². The van der Waals surface area contributed by atoms with E-state index < -0.39 is 5.97 Å². The molecular weight excluding hydrogens is 302 g/mol. The van der Waals surface area contributed by atoms with Crippen molar-refractivity contribution in [1.82, 2.24) is 19.9 Å². The van der Waals surface area contributed by atoms with Gasteiger partial charge in [0.25, 0.3) is 0 Å². The largest absolute Gasteiger partial charge is 0.506 e. The molecule has 0 amide bonds. The maximum atomic E-state index is 10.3. The smallest absolute Gasteiger partial charge is 0.335 e. The monoisotopic (exact) mass is 315 g/mol. The number of carbonyl (C=O) groups is 1. The Kier molecular flexibility index (Phi) is 4.36. The third-order valence-corrected chi connectivity index (χ3v) is 2.65. The normalized spacial score (nSPS) is 9.91. The van der Waals surface area contributed by atoms with E-state index in [1.165, 1.54) is 30.6 Å². The fourth-order valence-electron chi connectivity index (χ4n) is 1.59. The van der Waals surface area contributed by atoms with Crippen LogP contribution >= 0.6 is 0 Å². The maximum absolute atomic E-state index is 10.3. The van der Waals surface area contributed by atoms with E-state index in [2.05, 4.69) is 19.9 Å². The van der Waals surface area contributed by atoms with Crippen molar-refractivity contribution >= 4 is 34.6 Å². The topological polar surface area (TPSA) is 187 Å². The van der Waals surface area contributed by atoms with Crippen LogP contribution in [0.2, 0.25) is 0 Å². The Hall–Kier alpha value is -3.69. The molecule has 0 fully saturated rings. The van der Waals surface area contributed by atoms with Gasteiger partial charge in [0.1, 0.15) is 11.3 Å². The Bertz CT molecular complexity index is 869. The summed E-state index contributed by atoms with van der Waals surface area (Å²) < 4.78 is 0. The summed E-state index contributed by atoms with van der Waals surface area (Å²) in [5.41, 5.74) is 17.2. The van der Waals surface area contributed by atoms with Gasteiger partial charge in [0.15, 0.2) is 11.5 Å². The molecule has 0 unspecified atom stereocenters. The second-order valence-electron chi connectivity index (χ2n) is 4.27. The van der Waals surface area contributed by atoms with E-state index in [0.717, 1.165) is 0 Å². The molecule has 0 saturated heterocycles. The van der Waals surface area contributed by atoms with Crippen LogP contribution in [-0.2, 0) is 0 Å². The van der Waals surface area contributed by atoms with Crippen molar-refractivity contribution in [2.45, 2.75) is 0 Å². The Morgan fingerprint density at radius 1 is 1.04 bits per heavy atom. The van der Waals surface area contributed by atoms with E-state index in [1.807, 2.05) is 0 Å². The number of nitrogens with zero attached hydrogens (tertiary/aromatic N) is 4. The molecule has 0 spiro atoms.